The zero-order valence-corrected chi connectivity index (χ0v) is 27.5. The van der Waals surface area contributed by atoms with E-state index >= 15 is 0 Å². The van der Waals surface area contributed by atoms with Gasteiger partial charge < -0.3 is 30.7 Å². The predicted octanol–water partition coefficient (Wildman–Crippen LogP) is 1.19. The van der Waals surface area contributed by atoms with Gasteiger partial charge >= 0.3 is 5.97 Å². The van der Waals surface area contributed by atoms with Crippen molar-refractivity contribution in [3.05, 3.63) is 35.9 Å². The lowest BCUT2D eigenvalue weighted by atomic mass is 9.93. The number of amides is 3. The number of likely N-dealkylation sites (tertiary alicyclic amines) is 1. The van der Waals surface area contributed by atoms with Crippen molar-refractivity contribution >= 4 is 29.5 Å². The number of likely N-dealkylation sites (N-methyl/N-ethyl adjacent to an activating group) is 1. The number of rotatable bonds is 18. The number of aryl methyl sites for hydroxylation is 1. The van der Waals surface area contributed by atoms with Gasteiger partial charge in [0, 0.05) is 6.04 Å². The molecule has 2 unspecified atom stereocenters. The smallest absolute Gasteiger partial charge is 0.320 e. The van der Waals surface area contributed by atoms with Crippen LogP contribution in [0.3, 0.4) is 0 Å². The summed E-state index contributed by atoms with van der Waals surface area (Å²) in [6, 6.07) is 5.43. The first-order valence-electron chi connectivity index (χ1n) is 16.1. The molecule has 0 aliphatic carbocycles. The van der Waals surface area contributed by atoms with Crippen LogP contribution >= 0.6 is 0 Å². The fourth-order valence-corrected chi connectivity index (χ4v) is 5.63. The van der Waals surface area contributed by atoms with E-state index < -0.39 is 66.1 Å². The summed E-state index contributed by atoms with van der Waals surface area (Å²) >= 11 is 0. The highest BCUT2D eigenvalue weighted by Crippen LogP contribution is 2.30. The van der Waals surface area contributed by atoms with Crippen LogP contribution in [0.1, 0.15) is 66.4 Å². The Morgan fingerprint density at radius 3 is 2.36 bits per heavy atom. The van der Waals surface area contributed by atoms with Crippen LogP contribution in [0.25, 0.3) is 0 Å². The van der Waals surface area contributed by atoms with E-state index in [1.165, 1.54) is 4.90 Å². The lowest BCUT2D eigenvalue weighted by Gasteiger charge is -2.32. The van der Waals surface area contributed by atoms with Crippen LogP contribution in [0.5, 0.6) is 0 Å². The van der Waals surface area contributed by atoms with Gasteiger partial charge in [0.2, 0.25) is 17.7 Å². The number of epoxide rings is 1. The number of esters is 1. The van der Waals surface area contributed by atoms with Gasteiger partial charge in [-0.2, -0.15) is 0 Å². The predicted molar refractivity (Wildman–Crippen MR) is 169 cm³/mol. The number of carbonyl (C=O) groups excluding carboxylic acids is 5. The molecule has 2 aliphatic heterocycles. The minimum atomic E-state index is -1.21. The fraction of sp³-hybridized carbons (Fsp3) is 0.667. The molecule has 2 aliphatic rings. The van der Waals surface area contributed by atoms with E-state index in [-0.39, 0.29) is 31.3 Å². The SMILES string of the molecule is CCN(CC)CC(=O)OC[C@@H](C(=O)N[C@@H](CC(C)C)C(=O)C1(C)CO1)N1C(=O)[C@@H](NC(=O)[C@@H](N)CCc2ccccc2)CC1C. The van der Waals surface area contributed by atoms with Gasteiger partial charge in [-0.25, -0.2) is 0 Å². The average Bonchev–Trinajstić information content (AvgIpc) is 3.70. The van der Waals surface area contributed by atoms with Crippen molar-refractivity contribution < 1.29 is 33.4 Å². The van der Waals surface area contributed by atoms with Crippen molar-refractivity contribution in [2.75, 3.05) is 32.8 Å². The van der Waals surface area contributed by atoms with Crippen LogP contribution in [-0.4, -0.2) is 108 Å². The van der Waals surface area contributed by atoms with Gasteiger partial charge in [0.25, 0.3) is 0 Å². The van der Waals surface area contributed by atoms with Crippen molar-refractivity contribution in [3.63, 3.8) is 0 Å². The van der Waals surface area contributed by atoms with E-state index in [9.17, 15) is 24.0 Å². The molecular formula is C33H51N5O7. The topological polar surface area (TPSA) is 164 Å². The van der Waals surface area contributed by atoms with E-state index in [1.54, 1.807) is 13.8 Å². The normalized spacial score (nSPS) is 23.0. The average molecular weight is 630 g/mol. The summed E-state index contributed by atoms with van der Waals surface area (Å²) in [6.45, 7) is 12.4. The molecule has 0 spiro atoms. The lowest BCUT2D eigenvalue weighted by Crippen LogP contribution is -2.58. The van der Waals surface area contributed by atoms with Gasteiger partial charge in [-0.1, -0.05) is 58.0 Å². The van der Waals surface area contributed by atoms with Gasteiger partial charge in [-0.3, -0.25) is 28.9 Å². The molecular weight excluding hydrogens is 578 g/mol. The highest BCUT2D eigenvalue weighted by atomic mass is 16.6. The van der Waals surface area contributed by atoms with Gasteiger partial charge in [-0.15, -0.1) is 0 Å². The summed E-state index contributed by atoms with van der Waals surface area (Å²) in [7, 11) is 0. The van der Waals surface area contributed by atoms with Gasteiger partial charge in [0.15, 0.2) is 5.78 Å². The van der Waals surface area contributed by atoms with Crippen molar-refractivity contribution in [1.82, 2.24) is 20.4 Å². The number of nitrogens with two attached hydrogens (primary N) is 1. The molecule has 6 atom stereocenters. The maximum absolute atomic E-state index is 13.9. The van der Waals surface area contributed by atoms with Gasteiger partial charge in [-0.05, 0) is 64.1 Å². The second-order valence-corrected chi connectivity index (χ2v) is 12.8. The minimum absolute atomic E-state index is 0.0363. The van der Waals surface area contributed by atoms with Crippen LogP contribution in [0, 0.1) is 5.92 Å². The largest absolute Gasteiger partial charge is 0.462 e. The van der Waals surface area contributed by atoms with Crippen molar-refractivity contribution in [2.45, 2.75) is 103 Å². The quantitative estimate of drug-likeness (QED) is 0.160. The number of ketones is 1. The Morgan fingerprint density at radius 2 is 1.78 bits per heavy atom. The van der Waals surface area contributed by atoms with E-state index in [2.05, 4.69) is 10.6 Å². The van der Waals surface area contributed by atoms with Crippen LogP contribution in [0.15, 0.2) is 30.3 Å². The van der Waals surface area contributed by atoms with Crippen molar-refractivity contribution in [1.29, 1.82) is 0 Å². The molecule has 1 aromatic carbocycles. The Balaban J connectivity index is 1.74. The summed E-state index contributed by atoms with van der Waals surface area (Å²) in [5.41, 5.74) is 6.27. The highest BCUT2D eigenvalue weighted by Gasteiger charge is 2.51. The first-order chi connectivity index (χ1) is 21.3. The van der Waals surface area contributed by atoms with E-state index in [0.717, 1.165) is 5.56 Å². The van der Waals surface area contributed by atoms with Crippen LogP contribution in [0.4, 0.5) is 0 Å². The molecule has 3 amide bonds. The highest BCUT2D eigenvalue weighted by molar-refractivity contribution is 5.99. The second kappa shape index (κ2) is 16.3. The molecule has 2 fully saturated rings. The molecule has 2 heterocycles. The molecule has 12 nitrogen and oxygen atoms in total. The first kappa shape index (κ1) is 36.1. The Kier molecular flexibility index (Phi) is 13.1. The monoisotopic (exact) mass is 629 g/mol. The van der Waals surface area contributed by atoms with E-state index in [4.69, 9.17) is 15.2 Å². The summed E-state index contributed by atoms with van der Waals surface area (Å²) < 4.78 is 10.9. The zero-order valence-electron chi connectivity index (χ0n) is 27.5. The molecule has 2 saturated heterocycles. The Bertz CT molecular complexity index is 1190. The number of Topliss-reactive ketones (excluding diaryl/α,β-unsaturated/α-hetero) is 1. The van der Waals surface area contributed by atoms with E-state index in [1.807, 2.05) is 62.9 Å². The number of hydrogen-bond acceptors (Lipinski definition) is 9. The molecule has 0 saturated carbocycles. The molecule has 12 heteroatoms. The lowest BCUT2D eigenvalue weighted by molar-refractivity contribution is -0.153. The van der Waals surface area contributed by atoms with Crippen molar-refractivity contribution in [3.8, 4) is 0 Å². The van der Waals surface area contributed by atoms with Crippen LogP contribution in [0.2, 0.25) is 0 Å². The summed E-state index contributed by atoms with van der Waals surface area (Å²) in [5, 5.41) is 5.60. The molecule has 0 radical (unpaired) electrons. The molecule has 3 rings (SSSR count). The molecule has 0 aromatic heterocycles. The van der Waals surface area contributed by atoms with Crippen LogP contribution < -0.4 is 16.4 Å². The van der Waals surface area contributed by atoms with Gasteiger partial charge in [0.1, 0.15) is 24.3 Å². The summed E-state index contributed by atoms with van der Waals surface area (Å²) in [4.78, 5) is 69.7. The molecule has 45 heavy (non-hydrogen) atoms. The Hall–Kier alpha value is -3.35. The Morgan fingerprint density at radius 1 is 1.13 bits per heavy atom. The van der Waals surface area contributed by atoms with Gasteiger partial charge in [0.05, 0.1) is 25.2 Å². The molecule has 4 N–H and O–H groups in total. The first-order valence-corrected chi connectivity index (χ1v) is 16.1. The number of benzene rings is 1. The number of carbonyl (C=O) groups is 5. The number of nitrogens with one attached hydrogen (secondary N) is 2. The van der Waals surface area contributed by atoms with Crippen LogP contribution in [-0.2, 0) is 39.9 Å². The molecule has 250 valence electrons. The summed E-state index contributed by atoms with van der Waals surface area (Å²) in [6.07, 6.45) is 1.63. The number of ether oxygens (including phenoxy) is 2. The molecule has 0 bridgehead atoms. The van der Waals surface area contributed by atoms with E-state index in [0.29, 0.717) is 32.4 Å². The summed E-state index contributed by atoms with van der Waals surface area (Å²) in [5.74, 6) is -2.22. The third-order valence-corrected chi connectivity index (χ3v) is 8.57. The maximum Gasteiger partial charge on any atom is 0.320 e. The Labute approximate surface area is 266 Å². The number of nitrogens with zero attached hydrogens (tertiary/aromatic N) is 2. The third kappa shape index (κ3) is 10.1. The van der Waals surface area contributed by atoms with Crippen molar-refractivity contribution in [2.24, 2.45) is 11.7 Å². The second-order valence-electron chi connectivity index (χ2n) is 12.8. The fourth-order valence-electron chi connectivity index (χ4n) is 5.63. The standard InChI is InChI=1S/C33H51N5O7/c1-7-37(8-2)18-28(39)44-19-27(31(42)35-25(16-21(3)4)29(40)33(6)20-45-33)38-22(5)17-26(32(38)43)36-30(41)24(34)15-14-23-12-10-9-11-13-23/h9-13,21-22,24-27H,7-8,14-20,34H2,1-6H3,(H,35,42)(H,36,41)/t22?,24-,25-,26-,27-,33?/m0/s1. The molecule has 1 aromatic rings. The third-order valence-electron chi connectivity index (χ3n) is 8.57. The minimum Gasteiger partial charge on any atom is -0.462 e. The number of hydrogen-bond donors (Lipinski definition) is 3. The zero-order chi connectivity index (χ0) is 33.3. The maximum atomic E-state index is 13.9.